The lowest BCUT2D eigenvalue weighted by Crippen LogP contribution is -2.15. The molecule has 3 heteroatoms. The maximum absolute atomic E-state index is 5.79. The Morgan fingerprint density at radius 3 is 2.47 bits per heavy atom. The molecular formula is C14H23NO2. The van der Waals surface area contributed by atoms with Crippen LogP contribution in [0.25, 0.3) is 0 Å². The normalized spacial score (nSPS) is 11.5. The van der Waals surface area contributed by atoms with Gasteiger partial charge in [-0.1, -0.05) is 26.8 Å². The van der Waals surface area contributed by atoms with E-state index in [1.165, 1.54) is 5.56 Å². The summed E-state index contributed by atoms with van der Waals surface area (Å²) in [5.41, 5.74) is 7.74. The van der Waals surface area contributed by atoms with Gasteiger partial charge in [0.25, 0.3) is 0 Å². The quantitative estimate of drug-likeness (QED) is 0.632. The molecule has 0 unspecified atom stereocenters. The molecule has 96 valence electrons. The molecule has 0 heterocycles. The number of anilines is 1. The highest BCUT2D eigenvalue weighted by Crippen LogP contribution is 2.32. The van der Waals surface area contributed by atoms with Crippen LogP contribution in [0.5, 0.6) is 5.75 Å². The first-order valence-corrected chi connectivity index (χ1v) is 6.05. The maximum atomic E-state index is 5.79. The molecule has 0 atom stereocenters. The highest BCUT2D eigenvalue weighted by molar-refractivity contribution is 5.50. The highest BCUT2D eigenvalue weighted by Gasteiger charge is 2.18. The summed E-state index contributed by atoms with van der Waals surface area (Å²) < 4.78 is 11.0. The first-order valence-electron chi connectivity index (χ1n) is 6.05. The van der Waals surface area contributed by atoms with Crippen LogP contribution in [0.4, 0.5) is 5.69 Å². The molecule has 0 aliphatic heterocycles. The summed E-state index contributed by atoms with van der Waals surface area (Å²) in [6, 6.07) is 5.83. The molecule has 1 rings (SSSR count). The van der Waals surface area contributed by atoms with E-state index in [1.807, 2.05) is 25.1 Å². The van der Waals surface area contributed by atoms with E-state index < -0.39 is 0 Å². The Labute approximate surface area is 104 Å². The van der Waals surface area contributed by atoms with Crippen molar-refractivity contribution < 1.29 is 9.47 Å². The van der Waals surface area contributed by atoms with E-state index in [0.29, 0.717) is 19.8 Å². The van der Waals surface area contributed by atoms with Gasteiger partial charge in [-0.3, -0.25) is 0 Å². The average Bonchev–Trinajstić information content (AvgIpc) is 2.23. The van der Waals surface area contributed by atoms with Gasteiger partial charge in [0.05, 0.1) is 6.61 Å². The first-order chi connectivity index (χ1) is 7.95. The number of hydrogen-bond acceptors (Lipinski definition) is 3. The highest BCUT2D eigenvalue weighted by atomic mass is 16.5. The molecule has 1 aromatic rings. The molecule has 0 aromatic heterocycles. The number of nitrogen functional groups attached to an aromatic ring is 1. The minimum absolute atomic E-state index is 0.0502. The van der Waals surface area contributed by atoms with Gasteiger partial charge >= 0.3 is 0 Å². The smallest absolute Gasteiger partial charge is 0.125 e. The molecule has 0 aliphatic rings. The van der Waals surface area contributed by atoms with E-state index in [4.69, 9.17) is 15.2 Å². The van der Waals surface area contributed by atoms with Crippen LogP contribution in [-0.2, 0) is 10.2 Å². The third kappa shape index (κ3) is 4.27. The molecule has 17 heavy (non-hydrogen) atoms. The summed E-state index contributed by atoms with van der Waals surface area (Å²) in [7, 11) is 0. The van der Waals surface area contributed by atoms with Crippen LogP contribution in [-0.4, -0.2) is 19.8 Å². The van der Waals surface area contributed by atoms with Crippen molar-refractivity contribution in [2.45, 2.75) is 33.1 Å². The fourth-order valence-electron chi connectivity index (χ4n) is 1.63. The second-order valence-corrected chi connectivity index (χ2v) is 5.05. The molecule has 0 saturated heterocycles. The monoisotopic (exact) mass is 237 g/mol. The van der Waals surface area contributed by atoms with Gasteiger partial charge in [0.15, 0.2) is 0 Å². The average molecular weight is 237 g/mol. The van der Waals surface area contributed by atoms with Crippen molar-refractivity contribution in [3.05, 3.63) is 23.8 Å². The summed E-state index contributed by atoms with van der Waals surface area (Å²) in [6.07, 6.45) is 0. The fraction of sp³-hybridized carbons (Fsp3) is 0.571. The van der Waals surface area contributed by atoms with Crippen molar-refractivity contribution in [3.8, 4) is 5.75 Å². The first kappa shape index (κ1) is 13.8. The van der Waals surface area contributed by atoms with Crippen molar-refractivity contribution in [3.63, 3.8) is 0 Å². The lowest BCUT2D eigenvalue weighted by molar-refractivity contribution is 0.109. The Hall–Kier alpha value is -1.22. The number of ether oxygens (including phenoxy) is 2. The maximum Gasteiger partial charge on any atom is 0.125 e. The standard InChI is InChI=1S/C14H23NO2/c1-5-16-8-9-17-13-10-11(15)6-7-12(13)14(2,3)4/h6-7,10H,5,8-9,15H2,1-4H3. The third-order valence-electron chi connectivity index (χ3n) is 2.50. The third-order valence-corrected chi connectivity index (χ3v) is 2.50. The van der Waals surface area contributed by atoms with Gasteiger partial charge < -0.3 is 15.2 Å². The van der Waals surface area contributed by atoms with Gasteiger partial charge in [-0.2, -0.15) is 0 Å². The van der Waals surface area contributed by atoms with Gasteiger partial charge in [-0.05, 0) is 24.0 Å². The van der Waals surface area contributed by atoms with Gasteiger partial charge in [-0.25, -0.2) is 0 Å². The predicted octanol–water partition coefficient (Wildman–Crippen LogP) is 2.98. The molecule has 0 amide bonds. The topological polar surface area (TPSA) is 44.5 Å². The van der Waals surface area contributed by atoms with Crippen molar-refractivity contribution >= 4 is 5.69 Å². The molecule has 0 radical (unpaired) electrons. The van der Waals surface area contributed by atoms with E-state index in [9.17, 15) is 0 Å². The van der Waals surface area contributed by atoms with Gasteiger partial charge in [0.2, 0.25) is 0 Å². The van der Waals surface area contributed by atoms with E-state index in [2.05, 4.69) is 20.8 Å². The van der Waals surface area contributed by atoms with Crippen molar-refractivity contribution in [2.75, 3.05) is 25.6 Å². The summed E-state index contributed by atoms with van der Waals surface area (Å²) in [6.45, 7) is 10.3. The molecular weight excluding hydrogens is 214 g/mol. The summed E-state index contributed by atoms with van der Waals surface area (Å²) in [5.74, 6) is 0.859. The van der Waals surface area contributed by atoms with Crippen molar-refractivity contribution in [1.82, 2.24) is 0 Å². The van der Waals surface area contributed by atoms with Gasteiger partial charge in [-0.15, -0.1) is 0 Å². The fourth-order valence-corrected chi connectivity index (χ4v) is 1.63. The lowest BCUT2D eigenvalue weighted by atomic mass is 9.86. The van der Waals surface area contributed by atoms with Crippen LogP contribution >= 0.6 is 0 Å². The van der Waals surface area contributed by atoms with Crippen molar-refractivity contribution in [1.29, 1.82) is 0 Å². The predicted molar refractivity (Wildman–Crippen MR) is 71.5 cm³/mol. The number of hydrogen-bond donors (Lipinski definition) is 1. The molecule has 0 fully saturated rings. The van der Waals surface area contributed by atoms with Crippen LogP contribution < -0.4 is 10.5 Å². The second-order valence-electron chi connectivity index (χ2n) is 5.05. The number of rotatable bonds is 5. The SMILES string of the molecule is CCOCCOc1cc(N)ccc1C(C)(C)C. The zero-order valence-corrected chi connectivity index (χ0v) is 11.2. The van der Waals surface area contributed by atoms with E-state index in [1.54, 1.807) is 0 Å². The van der Waals surface area contributed by atoms with E-state index >= 15 is 0 Å². The minimum atomic E-state index is 0.0502. The van der Waals surface area contributed by atoms with Crippen molar-refractivity contribution in [2.24, 2.45) is 0 Å². The molecule has 0 aliphatic carbocycles. The lowest BCUT2D eigenvalue weighted by Gasteiger charge is -2.23. The Morgan fingerprint density at radius 1 is 1.18 bits per heavy atom. The molecule has 0 saturated carbocycles. The van der Waals surface area contributed by atoms with Gasteiger partial charge in [0.1, 0.15) is 12.4 Å². The zero-order chi connectivity index (χ0) is 12.9. The molecule has 2 N–H and O–H groups in total. The van der Waals surface area contributed by atoms with Crippen LogP contribution in [0.15, 0.2) is 18.2 Å². The Bertz CT molecular complexity index is 356. The second kappa shape index (κ2) is 5.92. The molecule has 0 bridgehead atoms. The largest absolute Gasteiger partial charge is 0.491 e. The number of benzene rings is 1. The van der Waals surface area contributed by atoms with Gasteiger partial charge in [0, 0.05) is 18.4 Å². The van der Waals surface area contributed by atoms with Crippen LogP contribution in [0.3, 0.4) is 0 Å². The summed E-state index contributed by atoms with van der Waals surface area (Å²) >= 11 is 0. The Balaban J connectivity index is 2.77. The van der Waals surface area contributed by atoms with E-state index in [-0.39, 0.29) is 5.41 Å². The molecule has 1 aromatic carbocycles. The summed E-state index contributed by atoms with van der Waals surface area (Å²) in [4.78, 5) is 0. The van der Waals surface area contributed by atoms with Crippen LogP contribution in [0.2, 0.25) is 0 Å². The molecule has 3 nitrogen and oxygen atoms in total. The Kier molecular flexibility index (Phi) is 4.82. The molecule has 0 spiro atoms. The van der Waals surface area contributed by atoms with E-state index in [0.717, 1.165) is 11.4 Å². The van der Waals surface area contributed by atoms with Crippen LogP contribution in [0.1, 0.15) is 33.3 Å². The minimum Gasteiger partial charge on any atom is -0.491 e. The zero-order valence-electron chi connectivity index (χ0n) is 11.2. The summed E-state index contributed by atoms with van der Waals surface area (Å²) in [5, 5.41) is 0. The number of nitrogens with two attached hydrogens (primary N) is 1. The Morgan fingerprint density at radius 2 is 1.88 bits per heavy atom. The van der Waals surface area contributed by atoms with Crippen LogP contribution in [0, 0.1) is 0 Å².